The highest BCUT2D eigenvalue weighted by atomic mass is 32.1. The Hall–Kier alpha value is -1.88. The van der Waals surface area contributed by atoms with Crippen molar-refractivity contribution in [1.82, 2.24) is 9.99 Å². The Bertz CT molecular complexity index is 499. The van der Waals surface area contributed by atoms with E-state index >= 15 is 0 Å². The third-order valence-corrected chi connectivity index (χ3v) is 2.85. The van der Waals surface area contributed by atoms with Crippen LogP contribution < -0.4 is 5.43 Å². The van der Waals surface area contributed by atoms with E-state index < -0.39 is 0 Å². The summed E-state index contributed by atoms with van der Waals surface area (Å²) in [5.41, 5.74) is 3.43. The largest absolute Gasteiger partial charge is 0.357 e. The summed E-state index contributed by atoms with van der Waals surface area (Å²) in [4.78, 5) is 12.1. The number of rotatable bonds is 3. The first-order valence-electron chi connectivity index (χ1n) is 4.74. The Kier molecular flexibility index (Phi) is 3.16. The number of carbonyl (C=O) groups is 1. The Labute approximate surface area is 97.2 Å². The predicted molar refractivity (Wildman–Crippen MR) is 64.8 cm³/mol. The molecule has 5 heteroatoms. The van der Waals surface area contributed by atoms with Gasteiger partial charge in [0.15, 0.2) is 0 Å². The number of hydrazone groups is 1. The lowest BCUT2D eigenvalue weighted by Gasteiger charge is -1.94. The average molecular weight is 233 g/mol. The first-order chi connectivity index (χ1) is 7.75. The third-order valence-electron chi connectivity index (χ3n) is 1.98. The number of aryl methyl sites for hydroxylation is 1. The summed E-state index contributed by atoms with van der Waals surface area (Å²) in [5.74, 6) is -0.179. The van der Waals surface area contributed by atoms with Crippen LogP contribution in [0.5, 0.6) is 0 Å². The molecule has 1 amide bonds. The first-order valence-corrected chi connectivity index (χ1v) is 5.62. The molecule has 0 aliphatic rings. The summed E-state index contributed by atoms with van der Waals surface area (Å²) in [5, 5.41) is 5.74. The van der Waals surface area contributed by atoms with Gasteiger partial charge in [-0.3, -0.25) is 4.79 Å². The van der Waals surface area contributed by atoms with Crippen molar-refractivity contribution in [2.24, 2.45) is 12.1 Å². The number of amides is 1. The van der Waals surface area contributed by atoms with Gasteiger partial charge in [-0.2, -0.15) is 5.10 Å². The summed E-state index contributed by atoms with van der Waals surface area (Å²) in [6.45, 7) is 0. The third kappa shape index (κ3) is 2.58. The molecule has 0 saturated heterocycles. The predicted octanol–water partition coefficient (Wildman–Crippen LogP) is 1.85. The molecule has 82 valence electrons. The van der Waals surface area contributed by atoms with Gasteiger partial charge in [-0.15, -0.1) is 11.3 Å². The molecule has 0 radical (unpaired) electrons. The number of hydrogen-bond donors (Lipinski definition) is 1. The summed E-state index contributed by atoms with van der Waals surface area (Å²) in [6.07, 6.45) is 5.45. The number of hydrogen-bond acceptors (Lipinski definition) is 3. The minimum Gasteiger partial charge on any atom is -0.357 e. The second kappa shape index (κ2) is 4.76. The topological polar surface area (TPSA) is 46.4 Å². The van der Waals surface area contributed by atoms with Gasteiger partial charge in [-0.25, -0.2) is 5.43 Å². The lowest BCUT2D eigenvalue weighted by molar-refractivity contribution is 0.0959. The van der Waals surface area contributed by atoms with Gasteiger partial charge in [-0.1, -0.05) is 6.07 Å². The Balaban J connectivity index is 1.93. The normalized spacial score (nSPS) is 10.8. The van der Waals surface area contributed by atoms with Crippen molar-refractivity contribution in [3.63, 3.8) is 0 Å². The quantitative estimate of drug-likeness (QED) is 0.638. The van der Waals surface area contributed by atoms with Crippen LogP contribution in [-0.4, -0.2) is 16.7 Å². The molecule has 1 N–H and O–H groups in total. The van der Waals surface area contributed by atoms with Crippen molar-refractivity contribution in [1.29, 1.82) is 0 Å². The van der Waals surface area contributed by atoms with Gasteiger partial charge in [0.2, 0.25) is 0 Å². The van der Waals surface area contributed by atoms with Crippen molar-refractivity contribution >= 4 is 23.5 Å². The minimum absolute atomic E-state index is 0.179. The Morgan fingerprint density at radius 3 is 3.06 bits per heavy atom. The molecule has 4 nitrogen and oxygen atoms in total. The van der Waals surface area contributed by atoms with Gasteiger partial charge in [0.1, 0.15) is 0 Å². The lowest BCUT2D eigenvalue weighted by Crippen LogP contribution is -2.15. The van der Waals surface area contributed by atoms with Gasteiger partial charge in [0, 0.05) is 25.0 Å². The van der Waals surface area contributed by atoms with E-state index in [9.17, 15) is 4.79 Å². The van der Waals surface area contributed by atoms with Gasteiger partial charge in [-0.05, 0) is 17.5 Å². The fourth-order valence-electron chi connectivity index (χ4n) is 1.23. The maximum Gasteiger partial charge on any atom is 0.281 e. The second-order valence-electron chi connectivity index (χ2n) is 3.29. The standard InChI is InChI=1S/C11H11N3OS/c1-14-5-4-9(8-14)7-12-13-11(15)10-3-2-6-16-10/h2-8H,1H3,(H,13,15)/b12-7+. The van der Waals surface area contributed by atoms with Crippen LogP contribution in [0.15, 0.2) is 41.1 Å². The zero-order chi connectivity index (χ0) is 11.4. The molecule has 2 heterocycles. The highest BCUT2D eigenvalue weighted by molar-refractivity contribution is 7.12. The smallest absolute Gasteiger partial charge is 0.281 e. The van der Waals surface area contributed by atoms with E-state index in [1.54, 1.807) is 12.3 Å². The van der Waals surface area contributed by atoms with Crippen LogP contribution in [0.4, 0.5) is 0 Å². The van der Waals surface area contributed by atoms with Crippen LogP contribution in [0.1, 0.15) is 15.2 Å². The van der Waals surface area contributed by atoms with E-state index in [4.69, 9.17) is 0 Å². The zero-order valence-electron chi connectivity index (χ0n) is 8.75. The van der Waals surface area contributed by atoms with Gasteiger partial charge >= 0.3 is 0 Å². The number of aromatic nitrogens is 1. The fourth-order valence-corrected chi connectivity index (χ4v) is 1.84. The molecule has 0 unspecified atom stereocenters. The van der Waals surface area contributed by atoms with Gasteiger partial charge in [0.05, 0.1) is 11.1 Å². The van der Waals surface area contributed by atoms with Crippen molar-refractivity contribution in [3.05, 3.63) is 46.4 Å². The lowest BCUT2D eigenvalue weighted by atomic mass is 10.4. The molecule has 2 aromatic heterocycles. The minimum atomic E-state index is -0.179. The first kappa shape index (κ1) is 10.6. The summed E-state index contributed by atoms with van der Waals surface area (Å²) in [6, 6.07) is 5.51. The van der Waals surface area contributed by atoms with E-state index in [0.29, 0.717) is 4.88 Å². The van der Waals surface area contributed by atoms with E-state index in [2.05, 4.69) is 10.5 Å². The van der Waals surface area contributed by atoms with Crippen molar-refractivity contribution in [2.75, 3.05) is 0 Å². The molecular weight excluding hydrogens is 222 g/mol. The van der Waals surface area contributed by atoms with Crippen LogP contribution in [0.25, 0.3) is 0 Å². The molecule has 0 saturated carbocycles. The molecule has 0 aliphatic heterocycles. The van der Waals surface area contributed by atoms with Gasteiger partial charge < -0.3 is 4.57 Å². The monoisotopic (exact) mass is 233 g/mol. The van der Waals surface area contributed by atoms with Gasteiger partial charge in [0.25, 0.3) is 5.91 Å². The van der Waals surface area contributed by atoms with E-state index in [0.717, 1.165) is 5.56 Å². The molecule has 16 heavy (non-hydrogen) atoms. The van der Waals surface area contributed by atoms with Crippen LogP contribution >= 0.6 is 11.3 Å². The zero-order valence-corrected chi connectivity index (χ0v) is 9.57. The molecule has 0 spiro atoms. The van der Waals surface area contributed by atoms with Crippen molar-refractivity contribution in [3.8, 4) is 0 Å². The Morgan fingerprint density at radius 1 is 1.56 bits per heavy atom. The maximum atomic E-state index is 11.5. The molecule has 0 aromatic carbocycles. The fraction of sp³-hybridized carbons (Fsp3) is 0.0909. The number of nitrogens with zero attached hydrogens (tertiary/aromatic N) is 2. The van der Waals surface area contributed by atoms with E-state index in [1.165, 1.54) is 11.3 Å². The number of thiophene rings is 1. The highest BCUT2D eigenvalue weighted by Gasteiger charge is 2.03. The molecule has 2 aromatic rings. The maximum absolute atomic E-state index is 11.5. The SMILES string of the molecule is Cn1ccc(/C=N/NC(=O)c2cccs2)c1. The summed E-state index contributed by atoms with van der Waals surface area (Å²) >= 11 is 1.39. The average Bonchev–Trinajstić information content (AvgIpc) is 2.89. The molecule has 2 rings (SSSR count). The summed E-state index contributed by atoms with van der Waals surface area (Å²) < 4.78 is 1.92. The van der Waals surface area contributed by atoms with Crippen LogP contribution in [0.3, 0.4) is 0 Å². The van der Waals surface area contributed by atoms with E-state index in [1.807, 2.05) is 41.5 Å². The van der Waals surface area contributed by atoms with E-state index in [-0.39, 0.29) is 5.91 Å². The van der Waals surface area contributed by atoms with Crippen LogP contribution in [0, 0.1) is 0 Å². The molecule has 0 fully saturated rings. The number of carbonyl (C=O) groups excluding carboxylic acids is 1. The highest BCUT2D eigenvalue weighted by Crippen LogP contribution is 2.07. The van der Waals surface area contributed by atoms with Crippen molar-refractivity contribution in [2.45, 2.75) is 0 Å². The Morgan fingerprint density at radius 2 is 2.44 bits per heavy atom. The van der Waals surface area contributed by atoms with Crippen molar-refractivity contribution < 1.29 is 4.79 Å². The van der Waals surface area contributed by atoms with Crippen LogP contribution in [-0.2, 0) is 7.05 Å². The second-order valence-corrected chi connectivity index (χ2v) is 4.23. The molecule has 0 aliphatic carbocycles. The summed E-state index contributed by atoms with van der Waals surface area (Å²) in [7, 11) is 1.93. The molecule has 0 bridgehead atoms. The molecule has 0 atom stereocenters. The molecular formula is C11H11N3OS. The number of nitrogens with one attached hydrogen (secondary N) is 1. The van der Waals surface area contributed by atoms with Crippen LogP contribution in [0.2, 0.25) is 0 Å².